The maximum absolute atomic E-state index is 10.4. The first-order chi connectivity index (χ1) is 20.2. The van der Waals surface area contributed by atoms with E-state index in [1.807, 2.05) is 0 Å². The van der Waals surface area contributed by atoms with Gasteiger partial charge in [0.25, 0.3) is 0 Å². The van der Waals surface area contributed by atoms with Gasteiger partial charge in [-0.25, -0.2) is 0 Å². The molecule has 0 bridgehead atoms. The van der Waals surface area contributed by atoms with Crippen molar-refractivity contribution in [2.45, 2.75) is 200 Å². The Morgan fingerprint density at radius 2 is 0.805 bits per heavy atom. The second-order valence-electron chi connectivity index (χ2n) is 12.9. The summed E-state index contributed by atoms with van der Waals surface area (Å²) >= 11 is 0. The third-order valence-electron chi connectivity index (χ3n) is 8.67. The van der Waals surface area contributed by atoms with Crippen molar-refractivity contribution in [3.63, 3.8) is 0 Å². The van der Waals surface area contributed by atoms with E-state index in [1.165, 1.54) is 167 Å². The van der Waals surface area contributed by atoms with Crippen molar-refractivity contribution in [2.24, 2.45) is 0 Å². The van der Waals surface area contributed by atoms with Gasteiger partial charge in [0.2, 0.25) is 0 Å². The summed E-state index contributed by atoms with van der Waals surface area (Å²) in [4.78, 5) is 2.21. The van der Waals surface area contributed by atoms with Gasteiger partial charge in [-0.05, 0) is 19.4 Å². The van der Waals surface area contributed by atoms with E-state index in [0.717, 1.165) is 26.0 Å². The second kappa shape index (κ2) is 36.0. The normalized spacial score (nSPS) is 12.5. The maximum atomic E-state index is 10.4. The highest BCUT2D eigenvalue weighted by molar-refractivity contribution is 4.65. The number of aliphatic hydroxyl groups is 2. The van der Waals surface area contributed by atoms with Crippen LogP contribution in [-0.4, -0.2) is 60.7 Å². The molecule has 41 heavy (non-hydrogen) atoms. The van der Waals surface area contributed by atoms with Crippen molar-refractivity contribution in [1.82, 2.24) is 4.90 Å². The molecule has 2 N–H and O–H groups in total. The number of hydrogen-bond donors (Lipinski definition) is 2. The Bertz CT molecular complexity index is 461. The van der Waals surface area contributed by atoms with Crippen LogP contribution in [0.1, 0.15) is 194 Å². The molecule has 0 heterocycles. The van der Waals surface area contributed by atoms with Crippen molar-refractivity contribution in [1.29, 1.82) is 0 Å². The van der Waals surface area contributed by atoms with E-state index in [2.05, 4.69) is 18.7 Å². The highest BCUT2D eigenvalue weighted by atomic mass is 16.5. The summed E-state index contributed by atoms with van der Waals surface area (Å²) in [6.07, 6.45) is 37.9. The molecule has 1 unspecified atom stereocenters. The molecule has 0 aliphatic carbocycles. The first kappa shape index (κ1) is 40.8. The maximum Gasteiger partial charge on any atom is 0.0900 e. The number of ether oxygens (including phenoxy) is 1. The van der Waals surface area contributed by atoms with Gasteiger partial charge in [-0.15, -0.1) is 0 Å². The Morgan fingerprint density at radius 1 is 0.463 bits per heavy atom. The van der Waals surface area contributed by atoms with E-state index in [4.69, 9.17) is 4.74 Å². The molecular weight excluding hydrogens is 506 g/mol. The molecule has 0 saturated heterocycles. The first-order valence-electron chi connectivity index (χ1n) is 18.8. The molecule has 1 atom stereocenters. The van der Waals surface area contributed by atoms with Gasteiger partial charge in [-0.3, -0.25) is 4.90 Å². The molecule has 0 aromatic carbocycles. The van der Waals surface area contributed by atoms with E-state index < -0.39 is 6.10 Å². The first-order valence-corrected chi connectivity index (χ1v) is 18.8. The number of nitrogens with zero attached hydrogens (tertiary/aromatic N) is 1. The summed E-state index contributed by atoms with van der Waals surface area (Å²) in [5.41, 5.74) is 0. The van der Waals surface area contributed by atoms with E-state index in [-0.39, 0.29) is 6.61 Å². The lowest BCUT2D eigenvalue weighted by Crippen LogP contribution is -2.37. The molecule has 0 aromatic rings. The van der Waals surface area contributed by atoms with Crippen LogP contribution in [0.15, 0.2) is 0 Å². The fourth-order valence-electron chi connectivity index (χ4n) is 5.93. The summed E-state index contributed by atoms with van der Waals surface area (Å²) < 4.78 is 5.77. The molecule has 0 aliphatic heterocycles. The molecule has 0 radical (unpaired) electrons. The van der Waals surface area contributed by atoms with Gasteiger partial charge < -0.3 is 14.9 Å². The molecule has 0 rings (SSSR count). The van der Waals surface area contributed by atoms with Crippen molar-refractivity contribution in [3.05, 3.63) is 0 Å². The van der Waals surface area contributed by atoms with Crippen LogP contribution < -0.4 is 0 Å². The third kappa shape index (κ3) is 34.2. The predicted octanol–water partition coefficient (Wildman–Crippen LogP) is 10.6. The zero-order valence-corrected chi connectivity index (χ0v) is 28.4. The van der Waals surface area contributed by atoms with E-state index in [1.54, 1.807) is 0 Å². The molecule has 0 aromatic heterocycles. The summed E-state index contributed by atoms with van der Waals surface area (Å²) in [5, 5.41) is 19.9. The Labute approximate surface area is 258 Å². The number of unbranched alkanes of at least 4 members (excludes halogenated alkanes) is 26. The van der Waals surface area contributed by atoms with Gasteiger partial charge in [0.05, 0.1) is 19.3 Å². The quantitative estimate of drug-likeness (QED) is 0.0720. The smallest absolute Gasteiger partial charge is 0.0900 e. The van der Waals surface area contributed by atoms with Crippen molar-refractivity contribution >= 4 is 0 Å². The minimum atomic E-state index is -0.458. The van der Waals surface area contributed by atoms with Gasteiger partial charge in [-0.1, -0.05) is 181 Å². The predicted molar refractivity (Wildman–Crippen MR) is 181 cm³/mol. The minimum Gasteiger partial charge on any atom is -0.395 e. The summed E-state index contributed by atoms with van der Waals surface area (Å²) in [7, 11) is 0. The average molecular weight is 584 g/mol. The number of aliphatic hydroxyl groups excluding tert-OH is 2. The molecule has 4 heteroatoms. The van der Waals surface area contributed by atoms with Crippen LogP contribution >= 0.6 is 0 Å². The van der Waals surface area contributed by atoms with Crippen LogP contribution in [0.2, 0.25) is 0 Å². The number of hydrogen-bond acceptors (Lipinski definition) is 4. The molecule has 4 nitrogen and oxygen atoms in total. The van der Waals surface area contributed by atoms with Gasteiger partial charge in [-0.2, -0.15) is 0 Å². The molecule has 248 valence electrons. The third-order valence-corrected chi connectivity index (χ3v) is 8.67. The molecule has 0 fully saturated rings. The van der Waals surface area contributed by atoms with E-state index >= 15 is 0 Å². The van der Waals surface area contributed by atoms with Crippen LogP contribution in [0.3, 0.4) is 0 Å². The fourth-order valence-corrected chi connectivity index (χ4v) is 5.93. The van der Waals surface area contributed by atoms with Crippen molar-refractivity contribution < 1.29 is 14.9 Å². The van der Waals surface area contributed by atoms with Gasteiger partial charge >= 0.3 is 0 Å². The van der Waals surface area contributed by atoms with E-state index in [9.17, 15) is 10.2 Å². The minimum absolute atomic E-state index is 0.158. The highest BCUT2D eigenvalue weighted by Gasteiger charge is 2.11. The molecule has 0 aliphatic rings. The van der Waals surface area contributed by atoms with E-state index in [0.29, 0.717) is 19.7 Å². The van der Waals surface area contributed by atoms with Crippen LogP contribution in [0.5, 0.6) is 0 Å². The summed E-state index contributed by atoms with van der Waals surface area (Å²) in [6.45, 7) is 8.13. The highest BCUT2D eigenvalue weighted by Crippen LogP contribution is 2.14. The molecule has 0 saturated carbocycles. The van der Waals surface area contributed by atoms with Gasteiger partial charge in [0, 0.05) is 19.7 Å². The van der Waals surface area contributed by atoms with Gasteiger partial charge in [0.15, 0.2) is 0 Å². The Kier molecular flexibility index (Phi) is 35.9. The monoisotopic (exact) mass is 584 g/mol. The second-order valence-corrected chi connectivity index (χ2v) is 12.9. The standard InChI is InChI=1S/C37H77NO3/c1-3-5-7-9-11-13-15-17-19-21-23-25-27-29-31-38(32-33-39)35-37(40)36-41-34-30-28-26-24-22-20-18-16-14-12-10-8-6-4-2/h37,39-40H,3-36H2,1-2H3. The Balaban J connectivity index is 3.48. The molecular formula is C37H77NO3. The lowest BCUT2D eigenvalue weighted by molar-refractivity contribution is 0.0127. The van der Waals surface area contributed by atoms with Crippen molar-refractivity contribution in [3.8, 4) is 0 Å². The van der Waals surface area contributed by atoms with Gasteiger partial charge in [0.1, 0.15) is 0 Å². The Hall–Kier alpha value is -0.160. The molecule has 0 amide bonds. The van der Waals surface area contributed by atoms with Crippen LogP contribution in [0.25, 0.3) is 0 Å². The number of rotatable bonds is 36. The van der Waals surface area contributed by atoms with Crippen LogP contribution in [-0.2, 0) is 4.74 Å². The zero-order valence-electron chi connectivity index (χ0n) is 28.4. The lowest BCUT2D eigenvalue weighted by atomic mass is 10.0. The molecule has 0 spiro atoms. The van der Waals surface area contributed by atoms with Crippen LogP contribution in [0.4, 0.5) is 0 Å². The fraction of sp³-hybridized carbons (Fsp3) is 1.00. The topological polar surface area (TPSA) is 52.9 Å². The largest absolute Gasteiger partial charge is 0.395 e. The van der Waals surface area contributed by atoms with Crippen molar-refractivity contribution in [2.75, 3.05) is 39.5 Å². The Morgan fingerprint density at radius 3 is 1.17 bits per heavy atom. The average Bonchev–Trinajstić information content (AvgIpc) is 2.97. The van der Waals surface area contributed by atoms with Crippen LogP contribution in [0, 0.1) is 0 Å². The summed E-state index contributed by atoms with van der Waals surface area (Å²) in [5.74, 6) is 0. The zero-order chi connectivity index (χ0) is 29.9. The SMILES string of the molecule is CCCCCCCCCCCCCCCCOCC(O)CN(CCO)CCCCCCCCCCCCCCCC. The summed E-state index contributed by atoms with van der Waals surface area (Å²) in [6, 6.07) is 0. The lowest BCUT2D eigenvalue weighted by Gasteiger charge is -2.24.